The fraction of sp³-hybridized carbons (Fsp3) is 0.0714. The Balaban J connectivity index is 2.35. The van der Waals surface area contributed by atoms with Gasteiger partial charge in [0.2, 0.25) is 0 Å². The molecule has 2 aromatic rings. The number of anilines is 2. The van der Waals surface area contributed by atoms with E-state index in [-0.39, 0.29) is 5.78 Å². The number of hydrogen-bond acceptors (Lipinski definition) is 2. The maximum absolute atomic E-state index is 13.4. The summed E-state index contributed by atoms with van der Waals surface area (Å²) in [6.45, 7) is 1.40. The Kier molecular flexibility index (Phi) is 3.63. The Bertz CT molecular complexity index is 598. The molecule has 0 aromatic heterocycles. The van der Waals surface area contributed by atoms with Crippen LogP contribution < -0.4 is 5.32 Å². The van der Waals surface area contributed by atoms with Crippen LogP contribution in [0, 0.1) is 5.82 Å². The second-order valence-electron chi connectivity index (χ2n) is 3.89. The first-order valence-corrected chi connectivity index (χ1v) is 5.77. The van der Waals surface area contributed by atoms with Gasteiger partial charge in [0.1, 0.15) is 5.82 Å². The second kappa shape index (κ2) is 5.19. The van der Waals surface area contributed by atoms with Crippen molar-refractivity contribution in [2.45, 2.75) is 6.92 Å². The molecule has 0 spiro atoms. The summed E-state index contributed by atoms with van der Waals surface area (Å²) in [6, 6.07) is 11.2. The number of halogens is 2. The molecule has 4 heteroatoms. The molecule has 0 aliphatic rings. The van der Waals surface area contributed by atoms with Crippen molar-refractivity contribution in [3.8, 4) is 0 Å². The highest BCUT2D eigenvalue weighted by atomic mass is 35.5. The number of hydrogen-bond donors (Lipinski definition) is 1. The van der Waals surface area contributed by atoms with E-state index in [0.29, 0.717) is 22.0 Å². The third-order valence-electron chi connectivity index (χ3n) is 2.46. The van der Waals surface area contributed by atoms with E-state index in [4.69, 9.17) is 11.6 Å². The van der Waals surface area contributed by atoms with Gasteiger partial charge < -0.3 is 5.32 Å². The van der Waals surface area contributed by atoms with Crippen LogP contribution in [0.4, 0.5) is 15.8 Å². The molecule has 0 heterocycles. The van der Waals surface area contributed by atoms with Crippen molar-refractivity contribution < 1.29 is 9.18 Å². The summed E-state index contributed by atoms with van der Waals surface area (Å²) in [7, 11) is 0. The second-order valence-corrected chi connectivity index (χ2v) is 4.30. The SMILES string of the molecule is CC(=O)c1cc(F)cc(Nc2ccccc2Cl)c1. The number of benzene rings is 2. The molecule has 0 aliphatic carbocycles. The van der Waals surface area contributed by atoms with Gasteiger partial charge in [-0.25, -0.2) is 4.39 Å². The van der Waals surface area contributed by atoms with Crippen molar-refractivity contribution in [1.82, 2.24) is 0 Å². The Morgan fingerprint density at radius 2 is 1.94 bits per heavy atom. The molecule has 0 saturated heterocycles. The van der Waals surface area contributed by atoms with E-state index in [9.17, 15) is 9.18 Å². The van der Waals surface area contributed by atoms with Crippen molar-refractivity contribution in [1.29, 1.82) is 0 Å². The van der Waals surface area contributed by atoms with Crippen molar-refractivity contribution >= 4 is 28.8 Å². The predicted molar refractivity (Wildman–Crippen MR) is 71.1 cm³/mol. The van der Waals surface area contributed by atoms with Gasteiger partial charge in [-0.2, -0.15) is 0 Å². The molecular weight excluding hydrogens is 253 g/mol. The molecule has 0 aliphatic heterocycles. The van der Waals surface area contributed by atoms with Gasteiger partial charge in [0.25, 0.3) is 0 Å². The third kappa shape index (κ3) is 2.87. The first-order chi connectivity index (χ1) is 8.56. The monoisotopic (exact) mass is 263 g/mol. The number of para-hydroxylation sites is 1. The van der Waals surface area contributed by atoms with Crippen LogP contribution in [-0.2, 0) is 0 Å². The van der Waals surface area contributed by atoms with Gasteiger partial charge in [-0.05, 0) is 37.3 Å². The molecule has 18 heavy (non-hydrogen) atoms. The average Bonchev–Trinajstić information content (AvgIpc) is 2.31. The number of rotatable bonds is 3. The zero-order valence-electron chi connectivity index (χ0n) is 9.71. The summed E-state index contributed by atoms with van der Waals surface area (Å²) in [4.78, 5) is 11.2. The lowest BCUT2D eigenvalue weighted by molar-refractivity contribution is 0.101. The lowest BCUT2D eigenvalue weighted by Crippen LogP contribution is -1.97. The van der Waals surface area contributed by atoms with Gasteiger partial charge in [-0.15, -0.1) is 0 Å². The van der Waals surface area contributed by atoms with Gasteiger partial charge in [0, 0.05) is 11.3 Å². The highest BCUT2D eigenvalue weighted by Gasteiger charge is 2.06. The van der Waals surface area contributed by atoms with Crippen LogP contribution in [0.5, 0.6) is 0 Å². The maximum atomic E-state index is 13.4. The van der Waals surface area contributed by atoms with Crippen LogP contribution in [0.3, 0.4) is 0 Å². The van der Waals surface area contributed by atoms with Crippen molar-refractivity contribution in [2.24, 2.45) is 0 Å². The van der Waals surface area contributed by atoms with Crippen LogP contribution in [0.25, 0.3) is 0 Å². The first kappa shape index (κ1) is 12.6. The van der Waals surface area contributed by atoms with Gasteiger partial charge in [-0.1, -0.05) is 23.7 Å². The van der Waals surface area contributed by atoms with E-state index < -0.39 is 5.82 Å². The highest BCUT2D eigenvalue weighted by molar-refractivity contribution is 6.33. The molecule has 0 radical (unpaired) electrons. The molecule has 0 fully saturated rings. The van der Waals surface area contributed by atoms with Gasteiger partial charge in [0.15, 0.2) is 5.78 Å². The number of carbonyl (C=O) groups is 1. The summed E-state index contributed by atoms with van der Waals surface area (Å²) >= 11 is 5.99. The molecule has 2 rings (SSSR count). The van der Waals surface area contributed by atoms with Crippen LogP contribution in [-0.4, -0.2) is 5.78 Å². The fourth-order valence-electron chi connectivity index (χ4n) is 1.58. The summed E-state index contributed by atoms with van der Waals surface area (Å²) in [5, 5.41) is 3.52. The van der Waals surface area contributed by atoms with Crippen LogP contribution in [0.15, 0.2) is 42.5 Å². The molecule has 0 bridgehead atoms. The molecule has 0 atom stereocenters. The summed E-state index contributed by atoms with van der Waals surface area (Å²) < 4.78 is 13.4. The highest BCUT2D eigenvalue weighted by Crippen LogP contribution is 2.25. The van der Waals surface area contributed by atoms with Gasteiger partial charge in [0.05, 0.1) is 10.7 Å². The van der Waals surface area contributed by atoms with Crippen LogP contribution in [0.1, 0.15) is 17.3 Å². The minimum Gasteiger partial charge on any atom is -0.354 e. The number of nitrogens with one attached hydrogen (secondary N) is 1. The number of Topliss-reactive ketones (excluding diaryl/α,β-unsaturated/α-hetero) is 1. The zero-order chi connectivity index (χ0) is 13.1. The third-order valence-corrected chi connectivity index (χ3v) is 2.79. The molecule has 0 unspecified atom stereocenters. The molecule has 92 valence electrons. The molecule has 1 N–H and O–H groups in total. The molecule has 2 nitrogen and oxygen atoms in total. The molecular formula is C14H11ClFNO. The Morgan fingerprint density at radius 3 is 2.61 bits per heavy atom. The minimum atomic E-state index is -0.461. The Morgan fingerprint density at radius 1 is 1.22 bits per heavy atom. The van der Waals surface area contributed by atoms with E-state index >= 15 is 0 Å². The first-order valence-electron chi connectivity index (χ1n) is 5.39. The minimum absolute atomic E-state index is 0.184. The largest absolute Gasteiger partial charge is 0.354 e. The molecule has 2 aromatic carbocycles. The number of ketones is 1. The van der Waals surface area contributed by atoms with E-state index in [1.807, 2.05) is 6.07 Å². The summed E-state index contributed by atoms with van der Waals surface area (Å²) in [5.41, 5.74) is 1.48. The fourth-order valence-corrected chi connectivity index (χ4v) is 1.77. The smallest absolute Gasteiger partial charge is 0.159 e. The van der Waals surface area contributed by atoms with E-state index in [1.165, 1.54) is 19.1 Å². The van der Waals surface area contributed by atoms with E-state index in [1.54, 1.807) is 24.3 Å². The lowest BCUT2D eigenvalue weighted by Gasteiger charge is -2.09. The molecule has 0 amide bonds. The van der Waals surface area contributed by atoms with E-state index in [0.717, 1.165) is 0 Å². The van der Waals surface area contributed by atoms with Crippen molar-refractivity contribution in [3.63, 3.8) is 0 Å². The number of carbonyl (C=O) groups excluding carboxylic acids is 1. The van der Waals surface area contributed by atoms with Gasteiger partial charge in [-0.3, -0.25) is 4.79 Å². The Hall–Kier alpha value is -1.87. The standard InChI is InChI=1S/C14H11ClFNO/c1-9(18)10-6-11(16)8-12(7-10)17-14-5-3-2-4-13(14)15/h2-8,17H,1H3. The summed E-state index contributed by atoms with van der Waals surface area (Å²) in [6.07, 6.45) is 0. The van der Waals surface area contributed by atoms with E-state index in [2.05, 4.69) is 5.32 Å². The van der Waals surface area contributed by atoms with Crippen LogP contribution in [0.2, 0.25) is 5.02 Å². The summed E-state index contributed by atoms with van der Waals surface area (Å²) in [5.74, 6) is -0.644. The average molecular weight is 264 g/mol. The maximum Gasteiger partial charge on any atom is 0.159 e. The van der Waals surface area contributed by atoms with Crippen molar-refractivity contribution in [3.05, 3.63) is 58.9 Å². The quantitative estimate of drug-likeness (QED) is 0.830. The lowest BCUT2D eigenvalue weighted by atomic mass is 10.1. The van der Waals surface area contributed by atoms with Gasteiger partial charge >= 0.3 is 0 Å². The van der Waals surface area contributed by atoms with Crippen LogP contribution >= 0.6 is 11.6 Å². The zero-order valence-corrected chi connectivity index (χ0v) is 10.5. The topological polar surface area (TPSA) is 29.1 Å². The van der Waals surface area contributed by atoms with Crippen molar-refractivity contribution in [2.75, 3.05) is 5.32 Å². The molecule has 0 saturated carbocycles. The predicted octanol–water partition coefficient (Wildman–Crippen LogP) is 4.43. The Labute approximate surface area is 109 Å². The normalized spacial score (nSPS) is 10.2.